The Labute approximate surface area is 131 Å². The second-order valence-electron chi connectivity index (χ2n) is 5.79. The number of nitrogens with zero attached hydrogens (tertiary/aromatic N) is 2. The summed E-state index contributed by atoms with van der Waals surface area (Å²) in [6.45, 7) is 1.96. The van der Waals surface area contributed by atoms with E-state index < -0.39 is 17.1 Å². The Balaban J connectivity index is 2.25. The van der Waals surface area contributed by atoms with Gasteiger partial charge in [-0.15, -0.1) is 0 Å². The van der Waals surface area contributed by atoms with Gasteiger partial charge < -0.3 is 15.0 Å². The average Bonchev–Trinajstić information content (AvgIpc) is 2.95. The standard InChI is InChI=1S/C16H18FN3O3/c1-8-13(15(21)20(3)16(22)19(8)2)9-4-10-5-11(7-18)23-14(10)12(17)6-9/h4,6,11H,5,7,18H2,1-3H3/t11-/m0/s1. The summed E-state index contributed by atoms with van der Waals surface area (Å²) < 4.78 is 22.2. The molecule has 23 heavy (non-hydrogen) atoms. The van der Waals surface area contributed by atoms with Gasteiger partial charge in [0, 0.05) is 38.3 Å². The molecule has 1 atom stereocenters. The maximum Gasteiger partial charge on any atom is 0.330 e. The number of rotatable bonds is 2. The van der Waals surface area contributed by atoms with Crippen molar-refractivity contribution in [2.45, 2.75) is 19.4 Å². The van der Waals surface area contributed by atoms with Crippen molar-refractivity contribution in [3.05, 3.63) is 50.0 Å². The number of fused-ring (bicyclic) bond motifs is 1. The van der Waals surface area contributed by atoms with Crippen molar-refractivity contribution in [3.8, 4) is 16.9 Å². The lowest BCUT2D eigenvalue weighted by atomic mass is 10.00. The monoisotopic (exact) mass is 319 g/mol. The van der Waals surface area contributed by atoms with Gasteiger partial charge >= 0.3 is 5.69 Å². The quantitative estimate of drug-likeness (QED) is 0.872. The van der Waals surface area contributed by atoms with Gasteiger partial charge in [-0.25, -0.2) is 9.18 Å². The minimum Gasteiger partial charge on any atom is -0.485 e. The van der Waals surface area contributed by atoms with Crippen LogP contribution in [0.2, 0.25) is 0 Å². The topological polar surface area (TPSA) is 79.2 Å². The predicted molar refractivity (Wildman–Crippen MR) is 84.2 cm³/mol. The van der Waals surface area contributed by atoms with E-state index in [0.29, 0.717) is 35.3 Å². The number of aromatic nitrogens is 2. The van der Waals surface area contributed by atoms with Gasteiger partial charge in [0.1, 0.15) is 6.10 Å². The summed E-state index contributed by atoms with van der Waals surface area (Å²) in [5.74, 6) is -0.327. The van der Waals surface area contributed by atoms with E-state index >= 15 is 0 Å². The average molecular weight is 319 g/mol. The number of hydrogen-bond donors (Lipinski definition) is 1. The number of hydrogen-bond acceptors (Lipinski definition) is 4. The number of benzene rings is 1. The molecule has 7 heteroatoms. The highest BCUT2D eigenvalue weighted by Gasteiger charge is 2.27. The normalized spacial score (nSPS) is 16.3. The van der Waals surface area contributed by atoms with Gasteiger partial charge in [-0.3, -0.25) is 9.36 Å². The molecule has 0 amide bonds. The molecule has 0 aliphatic carbocycles. The second-order valence-corrected chi connectivity index (χ2v) is 5.79. The van der Waals surface area contributed by atoms with Crippen LogP contribution < -0.4 is 21.7 Å². The molecular weight excluding hydrogens is 301 g/mol. The van der Waals surface area contributed by atoms with Gasteiger partial charge in [0.2, 0.25) is 0 Å². The Morgan fingerprint density at radius 1 is 1.30 bits per heavy atom. The molecule has 122 valence electrons. The molecule has 1 aliphatic heterocycles. The molecule has 0 spiro atoms. The van der Waals surface area contributed by atoms with Gasteiger partial charge in [0.25, 0.3) is 5.56 Å². The minimum atomic E-state index is -0.524. The van der Waals surface area contributed by atoms with E-state index in [-0.39, 0.29) is 11.9 Å². The van der Waals surface area contributed by atoms with Crippen molar-refractivity contribution < 1.29 is 9.13 Å². The molecule has 2 heterocycles. The number of halogens is 1. The molecule has 0 saturated heterocycles. The first kappa shape index (κ1) is 15.5. The molecule has 2 aromatic rings. The van der Waals surface area contributed by atoms with Gasteiger partial charge in [-0.2, -0.15) is 0 Å². The van der Waals surface area contributed by atoms with Crippen molar-refractivity contribution >= 4 is 0 Å². The van der Waals surface area contributed by atoms with Crippen LogP contribution in [-0.4, -0.2) is 21.8 Å². The molecule has 0 bridgehead atoms. The van der Waals surface area contributed by atoms with Crippen molar-refractivity contribution in [2.75, 3.05) is 6.54 Å². The zero-order valence-corrected chi connectivity index (χ0v) is 13.2. The van der Waals surface area contributed by atoms with Gasteiger partial charge in [-0.05, 0) is 24.6 Å². The van der Waals surface area contributed by atoms with Crippen LogP contribution in [0.25, 0.3) is 11.1 Å². The maximum atomic E-state index is 14.3. The lowest BCUT2D eigenvalue weighted by Gasteiger charge is -2.13. The lowest BCUT2D eigenvalue weighted by molar-refractivity contribution is 0.232. The molecule has 0 unspecified atom stereocenters. The molecular formula is C16H18FN3O3. The SMILES string of the molecule is Cc1c(-c2cc(F)c3c(c2)C[C@@H](CN)O3)c(=O)n(C)c(=O)n1C. The van der Waals surface area contributed by atoms with Crippen LogP contribution in [0.5, 0.6) is 5.75 Å². The summed E-state index contributed by atoms with van der Waals surface area (Å²) in [5, 5.41) is 0. The smallest absolute Gasteiger partial charge is 0.330 e. The summed E-state index contributed by atoms with van der Waals surface area (Å²) in [5.41, 5.74) is 6.65. The van der Waals surface area contributed by atoms with Gasteiger partial charge in [0.15, 0.2) is 11.6 Å². The summed E-state index contributed by atoms with van der Waals surface area (Å²) in [6, 6.07) is 3.01. The van der Waals surface area contributed by atoms with Crippen LogP contribution in [0.15, 0.2) is 21.7 Å². The first-order valence-corrected chi connectivity index (χ1v) is 7.31. The molecule has 0 saturated carbocycles. The fourth-order valence-electron chi connectivity index (χ4n) is 2.94. The summed E-state index contributed by atoms with van der Waals surface area (Å²) in [7, 11) is 2.99. The first-order valence-electron chi connectivity index (χ1n) is 7.31. The molecule has 3 rings (SSSR count). The molecule has 2 N–H and O–H groups in total. The zero-order chi connectivity index (χ0) is 16.9. The summed E-state index contributed by atoms with van der Waals surface area (Å²) in [6.07, 6.45) is 0.251. The molecule has 0 radical (unpaired) electrons. The van der Waals surface area contributed by atoms with Gasteiger partial charge in [-0.1, -0.05) is 0 Å². The van der Waals surface area contributed by atoms with E-state index in [2.05, 4.69) is 0 Å². The third kappa shape index (κ3) is 2.28. The molecule has 6 nitrogen and oxygen atoms in total. The molecule has 1 aliphatic rings. The van der Waals surface area contributed by atoms with Crippen LogP contribution in [-0.2, 0) is 20.5 Å². The second kappa shape index (κ2) is 5.34. The van der Waals surface area contributed by atoms with Crippen molar-refractivity contribution in [1.29, 1.82) is 0 Å². The number of nitrogens with two attached hydrogens (primary N) is 1. The first-order chi connectivity index (χ1) is 10.8. The fraction of sp³-hybridized carbons (Fsp3) is 0.375. The van der Waals surface area contributed by atoms with Crippen LogP contribution in [0, 0.1) is 12.7 Å². The van der Waals surface area contributed by atoms with E-state index in [1.807, 2.05) is 0 Å². The highest BCUT2D eigenvalue weighted by molar-refractivity contribution is 5.68. The molecule has 0 fully saturated rings. The van der Waals surface area contributed by atoms with Gasteiger partial charge in [0.05, 0.1) is 5.56 Å². The number of ether oxygens (including phenoxy) is 1. The Bertz CT molecular complexity index is 914. The van der Waals surface area contributed by atoms with Crippen molar-refractivity contribution in [1.82, 2.24) is 9.13 Å². The van der Waals surface area contributed by atoms with Crippen molar-refractivity contribution in [2.24, 2.45) is 19.8 Å². The zero-order valence-electron chi connectivity index (χ0n) is 13.2. The fourth-order valence-corrected chi connectivity index (χ4v) is 2.94. The van der Waals surface area contributed by atoms with Crippen LogP contribution in [0.3, 0.4) is 0 Å². The third-order valence-corrected chi connectivity index (χ3v) is 4.36. The van der Waals surface area contributed by atoms with Crippen LogP contribution >= 0.6 is 0 Å². The Morgan fingerprint density at radius 2 is 2.00 bits per heavy atom. The van der Waals surface area contributed by atoms with Crippen LogP contribution in [0.4, 0.5) is 4.39 Å². The minimum absolute atomic E-state index is 0.198. The highest BCUT2D eigenvalue weighted by atomic mass is 19.1. The Morgan fingerprint density at radius 3 is 2.65 bits per heavy atom. The third-order valence-electron chi connectivity index (χ3n) is 4.36. The molecule has 1 aromatic heterocycles. The largest absolute Gasteiger partial charge is 0.485 e. The Hall–Kier alpha value is -2.41. The van der Waals surface area contributed by atoms with E-state index in [9.17, 15) is 14.0 Å². The highest BCUT2D eigenvalue weighted by Crippen LogP contribution is 2.35. The van der Waals surface area contributed by atoms with E-state index in [4.69, 9.17) is 10.5 Å². The van der Waals surface area contributed by atoms with E-state index in [1.165, 1.54) is 17.7 Å². The van der Waals surface area contributed by atoms with E-state index in [0.717, 1.165) is 4.57 Å². The van der Waals surface area contributed by atoms with Crippen LogP contribution in [0.1, 0.15) is 11.3 Å². The van der Waals surface area contributed by atoms with E-state index in [1.54, 1.807) is 20.0 Å². The summed E-state index contributed by atoms with van der Waals surface area (Å²) >= 11 is 0. The lowest BCUT2D eigenvalue weighted by Crippen LogP contribution is -2.39. The molecule has 1 aromatic carbocycles. The summed E-state index contributed by atoms with van der Waals surface area (Å²) in [4.78, 5) is 24.4. The Kier molecular flexibility index (Phi) is 3.60. The van der Waals surface area contributed by atoms with Crippen molar-refractivity contribution in [3.63, 3.8) is 0 Å². The predicted octanol–water partition coefficient (Wildman–Crippen LogP) is 0.461. The maximum absolute atomic E-state index is 14.3.